The van der Waals surface area contributed by atoms with Crippen molar-refractivity contribution in [2.45, 2.75) is 71.4 Å². The molecule has 0 spiro atoms. The molecule has 0 aliphatic carbocycles. The Balaban J connectivity index is 2.75. The van der Waals surface area contributed by atoms with Crippen molar-refractivity contribution in [3.05, 3.63) is 0 Å². The molecule has 8 nitrogen and oxygen atoms in total. The molecule has 28 heavy (non-hydrogen) atoms. The molecule has 1 rings (SSSR count). The van der Waals surface area contributed by atoms with Crippen molar-refractivity contribution in [3.8, 4) is 0 Å². The summed E-state index contributed by atoms with van der Waals surface area (Å²) in [5.74, 6) is -2.38. The summed E-state index contributed by atoms with van der Waals surface area (Å²) in [6, 6.07) is -1.24. The first-order chi connectivity index (χ1) is 13.3. The average Bonchev–Trinajstić information content (AvgIpc) is 3.17. The number of esters is 1. The van der Waals surface area contributed by atoms with Gasteiger partial charge in [0, 0.05) is 13.1 Å². The molecular weight excluding hydrogens is 362 g/mol. The lowest BCUT2D eigenvalue weighted by molar-refractivity contribution is -0.146. The minimum absolute atomic E-state index is 0.0842. The molecule has 0 bridgehead atoms. The van der Waals surface area contributed by atoms with E-state index >= 15 is 0 Å². The van der Waals surface area contributed by atoms with Gasteiger partial charge in [-0.25, -0.2) is 4.79 Å². The van der Waals surface area contributed by atoms with Gasteiger partial charge in [0.15, 0.2) is 5.78 Å². The van der Waals surface area contributed by atoms with E-state index in [1.807, 2.05) is 13.8 Å². The Hall–Kier alpha value is -1.96. The van der Waals surface area contributed by atoms with Gasteiger partial charge in [0.05, 0.1) is 25.0 Å². The van der Waals surface area contributed by atoms with Crippen molar-refractivity contribution in [2.75, 3.05) is 20.2 Å². The number of unbranched alkanes of at least 4 members (excludes halogenated alkanes) is 2. The van der Waals surface area contributed by atoms with Crippen molar-refractivity contribution in [1.82, 2.24) is 16.0 Å². The molecule has 0 unspecified atom stereocenters. The summed E-state index contributed by atoms with van der Waals surface area (Å²) in [7, 11) is 1.29. The van der Waals surface area contributed by atoms with E-state index in [-0.39, 0.29) is 17.6 Å². The maximum Gasteiger partial charge on any atom is 0.328 e. The maximum atomic E-state index is 12.7. The Bertz CT molecular complexity index is 552. The fourth-order valence-corrected chi connectivity index (χ4v) is 3.37. The van der Waals surface area contributed by atoms with Gasteiger partial charge in [0.1, 0.15) is 6.04 Å². The summed E-state index contributed by atoms with van der Waals surface area (Å²) in [6.45, 7) is 6.20. The summed E-state index contributed by atoms with van der Waals surface area (Å²) in [5, 5.41) is 8.61. The molecule has 160 valence electrons. The number of nitrogens with one attached hydrogen (secondary N) is 3. The van der Waals surface area contributed by atoms with Crippen LogP contribution in [0.15, 0.2) is 0 Å². The molecule has 1 heterocycles. The first-order valence-electron chi connectivity index (χ1n) is 10.2. The van der Waals surface area contributed by atoms with Gasteiger partial charge < -0.3 is 20.7 Å². The molecule has 3 N–H and O–H groups in total. The number of Topliss-reactive ketones (excluding diaryl/α,β-unsaturated/α-hetero) is 1. The summed E-state index contributed by atoms with van der Waals surface area (Å²) in [5.41, 5.74) is 0. The average molecular weight is 398 g/mol. The van der Waals surface area contributed by atoms with Crippen LogP contribution >= 0.6 is 0 Å². The number of hydrogen-bond donors (Lipinski definition) is 3. The minimum Gasteiger partial charge on any atom is -0.467 e. The van der Waals surface area contributed by atoms with E-state index in [0.717, 1.165) is 25.7 Å². The third-order valence-electron chi connectivity index (χ3n) is 5.19. The number of methoxy groups -OCH3 is 1. The lowest BCUT2D eigenvalue weighted by atomic mass is 9.93. The highest BCUT2D eigenvalue weighted by Gasteiger charge is 2.39. The van der Waals surface area contributed by atoms with Crippen LogP contribution in [0.3, 0.4) is 0 Å². The number of ether oxygens (including phenoxy) is 1. The van der Waals surface area contributed by atoms with E-state index in [9.17, 15) is 19.2 Å². The Morgan fingerprint density at radius 2 is 1.39 bits per heavy atom. The minimum atomic E-state index is -0.712. The first-order valence-corrected chi connectivity index (χ1v) is 10.2. The second-order valence-corrected chi connectivity index (χ2v) is 7.41. The summed E-state index contributed by atoms with van der Waals surface area (Å²) < 4.78 is 4.78. The summed E-state index contributed by atoms with van der Waals surface area (Å²) in [4.78, 5) is 49.2. The normalized spacial score (nSPS) is 20.9. The van der Waals surface area contributed by atoms with Crippen LogP contribution in [0.2, 0.25) is 0 Å². The number of ketones is 1. The Morgan fingerprint density at radius 1 is 0.929 bits per heavy atom. The SMILES string of the molecule is CCCC[C@H](NC(=O)[C@H]1CNC[C@@H]1C(=O)N[C@@H](CCCC)C(=O)OC)C(C)=O. The van der Waals surface area contributed by atoms with E-state index in [2.05, 4.69) is 16.0 Å². The fraction of sp³-hybridized carbons (Fsp3) is 0.800. The molecule has 1 fully saturated rings. The van der Waals surface area contributed by atoms with Gasteiger partial charge in [-0.15, -0.1) is 0 Å². The van der Waals surface area contributed by atoms with Crippen LogP contribution in [-0.4, -0.2) is 55.8 Å². The van der Waals surface area contributed by atoms with Crippen molar-refractivity contribution < 1.29 is 23.9 Å². The number of rotatable bonds is 12. The van der Waals surface area contributed by atoms with Gasteiger partial charge in [0.25, 0.3) is 0 Å². The second kappa shape index (κ2) is 12.5. The molecule has 0 aromatic rings. The van der Waals surface area contributed by atoms with E-state index in [4.69, 9.17) is 4.74 Å². The van der Waals surface area contributed by atoms with E-state index in [1.165, 1.54) is 14.0 Å². The monoisotopic (exact) mass is 397 g/mol. The van der Waals surface area contributed by atoms with Gasteiger partial charge in [0.2, 0.25) is 11.8 Å². The van der Waals surface area contributed by atoms with Gasteiger partial charge in [-0.05, 0) is 19.8 Å². The molecule has 4 atom stereocenters. The highest BCUT2D eigenvalue weighted by Crippen LogP contribution is 2.19. The molecule has 1 saturated heterocycles. The zero-order chi connectivity index (χ0) is 21.1. The third kappa shape index (κ3) is 7.22. The van der Waals surface area contributed by atoms with Crippen LogP contribution < -0.4 is 16.0 Å². The van der Waals surface area contributed by atoms with Crippen molar-refractivity contribution in [3.63, 3.8) is 0 Å². The number of hydrogen-bond acceptors (Lipinski definition) is 6. The second-order valence-electron chi connectivity index (χ2n) is 7.41. The molecule has 1 aliphatic heterocycles. The zero-order valence-corrected chi connectivity index (χ0v) is 17.5. The van der Waals surface area contributed by atoms with E-state index in [0.29, 0.717) is 25.9 Å². The standard InChI is InChI=1S/C20H35N3O5/c1-5-7-9-16(13(3)24)22-18(25)14-11-21-12-15(14)19(26)23-17(10-8-6-2)20(27)28-4/h14-17,21H,5-12H2,1-4H3,(H,22,25)(H,23,26)/t14-,15-,16-,17-/m0/s1. The van der Waals surface area contributed by atoms with Crippen molar-refractivity contribution >= 4 is 23.6 Å². The molecule has 0 saturated carbocycles. The lowest BCUT2D eigenvalue weighted by Gasteiger charge is -2.23. The van der Waals surface area contributed by atoms with E-state index in [1.54, 1.807) is 0 Å². The first kappa shape index (κ1) is 24.1. The fourth-order valence-electron chi connectivity index (χ4n) is 3.37. The van der Waals surface area contributed by atoms with Crippen LogP contribution in [0.4, 0.5) is 0 Å². The van der Waals surface area contributed by atoms with Crippen LogP contribution in [0.25, 0.3) is 0 Å². The predicted molar refractivity (Wildman–Crippen MR) is 105 cm³/mol. The molecular formula is C20H35N3O5. The third-order valence-corrected chi connectivity index (χ3v) is 5.19. The van der Waals surface area contributed by atoms with Crippen LogP contribution in [-0.2, 0) is 23.9 Å². The zero-order valence-electron chi connectivity index (χ0n) is 17.5. The predicted octanol–water partition coefficient (Wildman–Crippen LogP) is 0.934. The lowest BCUT2D eigenvalue weighted by Crippen LogP contribution is -2.49. The van der Waals surface area contributed by atoms with Crippen LogP contribution in [0.5, 0.6) is 0 Å². The highest BCUT2D eigenvalue weighted by molar-refractivity contribution is 5.93. The molecule has 8 heteroatoms. The maximum absolute atomic E-state index is 12.7. The molecule has 0 aromatic carbocycles. The van der Waals surface area contributed by atoms with Crippen molar-refractivity contribution in [2.24, 2.45) is 11.8 Å². The number of amides is 2. The quantitative estimate of drug-likeness (QED) is 0.422. The number of carbonyl (C=O) groups excluding carboxylic acids is 4. The molecule has 0 radical (unpaired) electrons. The van der Waals surface area contributed by atoms with Gasteiger partial charge in [-0.2, -0.15) is 0 Å². The smallest absolute Gasteiger partial charge is 0.328 e. The summed E-state index contributed by atoms with van der Waals surface area (Å²) in [6.07, 6.45) is 4.54. The van der Waals surface area contributed by atoms with Crippen LogP contribution in [0.1, 0.15) is 59.3 Å². The van der Waals surface area contributed by atoms with Gasteiger partial charge >= 0.3 is 5.97 Å². The molecule has 0 aromatic heterocycles. The van der Waals surface area contributed by atoms with Crippen LogP contribution in [0, 0.1) is 11.8 Å². The molecule has 2 amide bonds. The summed E-state index contributed by atoms with van der Waals surface area (Å²) >= 11 is 0. The van der Waals surface area contributed by atoms with Gasteiger partial charge in [-0.1, -0.05) is 39.5 Å². The number of carbonyl (C=O) groups is 4. The Labute approximate surface area is 167 Å². The van der Waals surface area contributed by atoms with Crippen molar-refractivity contribution in [1.29, 1.82) is 0 Å². The van der Waals surface area contributed by atoms with E-state index < -0.39 is 29.9 Å². The Kier molecular flexibility index (Phi) is 10.7. The highest BCUT2D eigenvalue weighted by atomic mass is 16.5. The Morgan fingerprint density at radius 3 is 1.82 bits per heavy atom. The molecule has 1 aliphatic rings. The topological polar surface area (TPSA) is 114 Å². The van der Waals surface area contributed by atoms with Gasteiger partial charge in [-0.3, -0.25) is 14.4 Å². The largest absolute Gasteiger partial charge is 0.467 e.